The second kappa shape index (κ2) is 6.83. The van der Waals surface area contributed by atoms with Gasteiger partial charge in [0.05, 0.1) is 17.6 Å². The van der Waals surface area contributed by atoms with E-state index in [2.05, 4.69) is 11.9 Å². The number of aryl methyl sites for hydroxylation is 2. The Balaban J connectivity index is 2.01. The Hall–Kier alpha value is -1.69. The van der Waals surface area contributed by atoms with Crippen molar-refractivity contribution in [2.45, 2.75) is 64.3 Å². The topological polar surface area (TPSA) is 72.2 Å². The standard InChI is InChI=1S/C17H22N2O3S/c1-2-3-4-5-9-19-10-18-15-14(16(19)20)13-11(17(21)22)7-6-8-12(13)23-15/h10-11H,2-9H2,1H3,(H,21,22). The van der Waals surface area contributed by atoms with Gasteiger partial charge < -0.3 is 5.11 Å². The van der Waals surface area contributed by atoms with Crippen molar-refractivity contribution in [3.8, 4) is 0 Å². The van der Waals surface area contributed by atoms with Gasteiger partial charge >= 0.3 is 5.97 Å². The Morgan fingerprint density at radius 1 is 1.43 bits per heavy atom. The van der Waals surface area contributed by atoms with Gasteiger partial charge in [-0.05, 0) is 31.2 Å². The Labute approximate surface area is 139 Å². The maximum atomic E-state index is 12.8. The van der Waals surface area contributed by atoms with E-state index in [9.17, 15) is 14.7 Å². The highest BCUT2D eigenvalue weighted by Gasteiger charge is 2.31. The zero-order valence-corrected chi connectivity index (χ0v) is 14.2. The summed E-state index contributed by atoms with van der Waals surface area (Å²) in [5, 5.41) is 10.0. The first-order valence-electron chi connectivity index (χ1n) is 8.37. The number of fused-ring (bicyclic) bond motifs is 3. The van der Waals surface area contributed by atoms with Crippen LogP contribution in [0, 0.1) is 0 Å². The highest BCUT2D eigenvalue weighted by atomic mass is 32.1. The summed E-state index contributed by atoms with van der Waals surface area (Å²) in [5.74, 6) is -1.39. The first kappa shape index (κ1) is 16.2. The lowest BCUT2D eigenvalue weighted by Crippen LogP contribution is -2.23. The summed E-state index contributed by atoms with van der Waals surface area (Å²) in [4.78, 5) is 30.6. The highest BCUT2D eigenvalue weighted by Crippen LogP contribution is 2.40. The molecule has 5 nitrogen and oxygen atoms in total. The lowest BCUT2D eigenvalue weighted by molar-refractivity contribution is -0.139. The second-order valence-corrected chi connectivity index (χ2v) is 7.29. The van der Waals surface area contributed by atoms with E-state index in [-0.39, 0.29) is 5.56 Å². The average molecular weight is 334 g/mol. The van der Waals surface area contributed by atoms with Crippen molar-refractivity contribution >= 4 is 27.5 Å². The lowest BCUT2D eigenvalue weighted by atomic mass is 9.86. The molecule has 124 valence electrons. The number of rotatable bonds is 6. The number of unbranched alkanes of at least 4 members (excludes halogenated alkanes) is 3. The summed E-state index contributed by atoms with van der Waals surface area (Å²) in [6.07, 6.45) is 8.32. The fourth-order valence-electron chi connectivity index (χ4n) is 3.37. The molecular weight excluding hydrogens is 312 g/mol. The molecule has 1 N–H and O–H groups in total. The van der Waals surface area contributed by atoms with Gasteiger partial charge in [0.15, 0.2) is 0 Å². The molecule has 1 aliphatic carbocycles. The van der Waals surface area contributed by atoms with E-state index in [1.807, 2.05) is 0 Å². The molecule has 0 bridgehead atoms. The van der Waals surface area contributed by atoms with E-state index in [0.29, 0.717) is 23.2 Å². The second-order valence-electron chi connectivity index (χ2n) is 6.21. The molecule has 6 heteroatoms. The Kier molecular flexibility index (Phi) is 4.80. The van der Waals surface area contributed by atoms with Crippen molar-refractivity contribution in [3.63, 3.8) is 0 Å². The Bertz CT molecular complexity index is 778. The van der Waals surface area contributed by atoms with Gasteiger partial charge in [-0.15, -0.1) is 11.3 Å². The number of hydrogen-bond donors (Lipinski definition) is 1. The van der Waals surface area contributed by atoms with Crippen molar-refractivity contribution in [3.05, 3.63) is 27.1 Å². The molecule has 0 saturated heterocycles. The van der Waals surface area contributed by atoms with Crippen LogP contribution in [0.25, 0.3) is 10.2 Å². The number of thiophene rings is 1. The van der Waals surface area contributed by atoms with Gasteiger partial charge in [0, 0.05) is 11.4 Å². The minimum atomic E-state index is -0.830. The van der Waals surface area contributed by atoms with Crippen LogP contribution in [0.5, 0.6) is 0 Å². The van der Waals surface area contributed by atoms with Crippen LogP contribution in [0.1, 0.15) is 61.8 Å². The quantitative estimate of drug-likeness (QED) is 0.820. The van der Waals surface area contributed by atoms with Crippen LogP contribution in [0.3, 0.4) is 0 Å². The number of aromatic nitrogens is 2. The van der Waals surface area contributed by atoms with E-state index in [4.69, 9.17) is 0 Å². The van der Waals surface area contributed by atoms with Gasteiger partial charge in [0.25, 0.3) is 5.56 Å². The number of hydrogen-bond acceptors (Lipinski definition) is 4. The Morgan fingerprint density at radius 3 is 3.00 bits per heavy atom. The third-order valence-corrected chi connectivity index (χ3v) is 5.76. The fourth-order valence-corrected chi connectivity index (χ4v) is 4.61. The molecule has 0 saturated carbocycles. The normalized spacial score (nSPS) is 17.3. The van der Waals surface area contributed by atoms with Crippen molar-refractivity contribution in [1.82, 2.24) is 9.55 Å². The van der Waals surface area contributed by atoms with Gasteiger partial charge in [-0.1, -0.05) is 26.2 Å². The number of carboxylic acids is 1. The highest BCUT2D eigenvalue weighted by molar-refractivity contribution is 7.18. The summed E-state index contributed by atoms with van der Waals surface area (Å²) >= 11 is 1.49. The summed E-state index contributed by atoms with van der Waals surface area (Å²) in [6.45, 7) is 2.81. The molecule has 0 amide bonds. The van der Waals surface area contributed by atoms with E-state index in [1.54, 1.807) is 10.9 Å². The van der Waals surface area contributed by atoms with Gasteiger partial charge in [-0.3, -0.25) is 14.2 Å². The third kappa shape index (κ3) is 3.04. The summed E-state index contributed by atoms with van der Waals surface area (Å²) < 4.78 is 1.65. The summed E-state index contributed by atoms with van der Waals surface area (Å²) in [7, 11) is 0. The molecule has 0 aliphatic heterocycles. The molecular formula is C17H22N2O3S. The fraction of sp³-hybridized carbons (Fsp3) is 0.588. The van der Waals surface area contributed by atoms with Gasteiger partial charge in [-0.25, -0.2) is 4.98 Å². The monoisotopic (exact) mass is 334 g/mol. The van der Waals surface area contributed by atoms with Crippen LogP contribution in [0.15, 0.2) is 11.1 Å². The summed E-state index contributed by atoms with van der Waals surface area (Å²) in [5.41, 5.74) is 0.668. The van der Waals surface area contributed by atoms with Crippen LogP contribution in [0.4, 0.5) is 0 Å². The van der Waals surface area contributed by atoms with Crippen molar-refractivity contribution in [1.29, 1.82) is 0 Å². The molecule has 3 rings (SSSR count). The summed E-state index contributed by atoms with van der Waals surface area (Å²) in [6, 6.07) is 0. The van der Waals surface area contributed by atoms with Gasteiger partial charge in [-0.2, -0.15) is 0 Å². The van der Waals surface area contributed by atoms with Gasteiger partial charge in [0.1, 0.15) is 4.83 Å². The first-order valence-corrected chi connectivity index (χ1v) is 9.18. The molecule has 1 aliphatic rings. The molecule has 0 spiro atoms. The lowest BCUT2D eigenvalue weighted by Gasteiger charge is -2.18. The smallest absolute Gasteiger partial charge is 0.311 e. The zero-order valence-electron chi connectivity index (χ0n) is 13.4. The van der Waals surface area contributed by atoms with E-state index >= 15 is 0 Å². The minimum absolute atomic E-state index is 0.0721. The van der Waals surface area contributed by atoms with Crippen LogP contribution in [-0.2, 0) is 17.8 Å². The molecule has 0 fully saturated rings. The molecule has 0 aromatic carbocycles. The number of aliphatic carboxylic acids is 1. The van der Waals surface area contributed by atoms with Crippen molar-refractivity contribution in [2.24, 2.45) is 0 Å². The molecule has 2 aromatic rings. The van der Waals surface area contributed by atoms with Crippen molar-refractivity contribution in [2.75, 3.05) is 0 Å². The van der Waals surface area contributed by atoms with Crippen molar-refractivity contribution < 1.29 is 9.90 Å². The maximum Gasteiger partial charge on any atom is 0.311 e. The Morgan fingerprint density at radius 2 is 2.26 bits per heavy atom. The largest absolute Gasteiger partial charge is 0.481 e. The molecule has 2 aromatic heterocycles. The molecule has 23 heavy (non-hydrogen) atoms. The average Bonchev–Trinajstić information content (AvgIpc) is 2.92. The number of nitrogens with zero attached hydrogens (tertiary/aromatic N) is 2. The number of carbonyl (C=O) groups is 1. The number of carboxylic acid groups (broad SMARTS) is 1. The predicted molar refractivity (Wildman–Crippen MR) is 91.3 cm³/mol. The van der Waals surface area contributed by atoms with Crippen LogP contribution in [-0.4, -0.2) is 20.6 Å². The first-order chi connectivity index (χ1) is 11.1. The molecule has 1 unspecified atom stereocenters. The van der Waals surface area contributed by atoms with E-state index in [0.717, 1.165) is 42.5 Å². The van der Waals surface area contributed by atoms with E-state index < -0.39 is 11.9 Å². The minimum Gasteiger partial charge on any atom is -0.481 e. The van der Waals surface area contributed by atoms with Crippen LogP contribution >= 0.6 is 11.3 Å². The zero-order chi connectivity index (χ0) is 16.4. The van der Waals surface area contributed by atoms with Gasteiger partial charge in [0.2, 0.25) is 0 Å². The molecule has 1 atom stereocenters. The third-order valence-electron chi connectivity index (χ3n) is 4.59. The molecule has 2 heterocycles. The molecule has 0 radical (unpaired) electrons. The van der Waals surface area contributed by atoms with Crippen LogP contribution in [0.2, 0.25) is 0 Å². The maximum absolute atomic E-state index is 12.8. The van der Waals surface area contributed by atoms with Crippen LogP contribution < -0.4 is 5.56 Å². The van der Waals surface area contributed by atoms with E-state index in [1.165, 1.54) is 17.8 Å². The predicted octanol–water partition coefficient (Wildman–Crippen LogP) is 3.54. The SMILES string of the molecule is CCCCCCn1cnc2sc3c(c2c1=O)C(C(=O)O)CCC3.